The number of nitrogens with zero attached hydrogens (tertiary/aromatic N) is 1. The first kappa shape index (κ1) is 14.2. The zero-order valence-electron chi connectivity index (χ0n) is 12.7. The minimum atomic E-state index is -0.981. The van der Waals surface area contributed by atoms with Crippen LogP contribution in [-0.2, 0) is 15.1 Å². The minimum Gasteiger partial charge on any atom is -0.459 e. The zero-order valence-corrected chi connectivity index (χ0v) is 13.5. The fourth-order valence-corrected chi connectivity index (χ4v) is 3.82. The first-order chi connectivity index (χ1) is 11.2. The standard InChI is InChI=1S/C18H16N2O2S/c1-2-20-14-11-7-6-10-13(14)18(16(20)21)15(22-17(23)19-18)12-8-4-3-5-9-12/h3-11,15H,2H2,1H3,(H,19,23)/t15-,18-/m0/s1. The van der Waals surface area contributed by atoms with Gasteiger partial charge in [-0.15, -0.1) is 0 Å². The summed E-state index contributed by atoms with van der Waals surface area (Å²) in [7, 11) is 0. The average Bonchev–Trinajstić information content (AvgIpc) is 3.05. The first-order valence-electron chi connectivity index (χ1n) is 7.63. The molecule has 2 aromatic carbocycles. The highest BCUT2D eigenvalue weighted by atomic mass is 32.1. The second-order valence-electron chi connectivity index (χ2n) is 5.70. The Kier molecular flexibility index (Phi) is 3.13. The lowest BCUT2D eigenvalue weighted by Crippen LogP contribution is -2.50. The highest BCUT2D eigenvalue weighted by Crippen LogP contribution is 2.51. The first-order valence-corrected chi connectivity index (χ1v) is 8.04. The molecule has 1 N–H and O–H groups in total. The Morgan fingerprint density at radius 2 is 1.87 bits per heavy atom. The van der Waals surface area contributed by atoms with Crippen LogP contribution in [0.25, 0.3) is 0 Å². The molecule has 0 aromatic heterocycles. The van der Waals surface area contributed by atoms with Crippen LogP contribution in [0.15, 0.2) is 54.6 Å². The molecular weight excluding hydrogens is 308 g/mol. The Morgan fingerprint density at radius 1 is 1.17 bits per heavy atom. The van der Waals surface area contributed by atoms with Crippen LogP contribution in [0.2, 0.25) is 0 Å². The number of rotatable bonds is 2. The third-order valence-corrected chi connectivity index (χ3v) is 4.74. The van der Waals surface area contributed by atoms with Crippen LogP contribution in [0.4, 0.5) is 5.69 Å². The SMILES string of the molecule is CCN1C(=O)[C@]2(NC(=S)O[C@H]2c2ccccc2)c2ccccc21. The second-order valence-corrected chi connectivity index (χ2v) is 6.07. The van der Waals surface area contributed by atoms with Gasteiger partial charge in [-0.2, -0.15) is 0 Å². The molecule has 2 aliphatic heterocycles. The molecule has 2 aliphatic rings. The van der Waals surface area contributed by atoms with Gasteiger partial charge in [-0.25, -0.2) is 0 Å². The Hall–Kier alpha value is -2.40. The fraction of sp³-hybridized carbons (Fsp3) is 0.222. The van der Waals surface area contributed by atoms with Crippen molar-refractivity contribution in [3.05, 3.63) is 65.7 Å². The van der Waals surface area contributed by atoms with Crippen molar-refractivity contribution in [3.8, 4) is 0 Å². The van der Waals surface area contributed by atoms with Crippen LogP contribution >= 0.6 is 12.2 Å². The Bertz CT molecular complexity index is 793. The number of ether oxygens (including phenoxy) is 1. The van der Waals surface area contributed by atoms with E-state index in [1.165, 1.54) is 0 Å². The second kappa shape index (κ2) is 5.06. The molecule has 23 heavy (non-hydrogen) atoms. The van der Waals surface area contributed by atoms with Gasteiger partial charge in [-0.1, -0.05) is 48.5 Å². The average molecular weight is 324 g/mol. The van der Waals surface area contributed by atoms with Crippen molar-refractivity contribution in [2.45, 2.75) is 18.6 Å². The normalized spacial score (nSPS) is 25.4. The molecule has 0 unspecified atom stereocenters. The lowest BCUT2D eigenvalue weighted by Gasteiger charge is -2.28. The number of carbonyl (C=O) groups is 1. The third kappa shape index (κ3) is 1.83. The summed E-state index contributed by atoms with van der Waals surface area (Å²) in [6.45, 7) is 2.58. The molecule has 1 amide bonds. The molecule has 1 spiro atoms. The van der Waals surface area contributed by atoms with Crippen molar-refractivity contribution >= 4 is 29.0 Å². The zero-order chi connectivity index (χ0) is 16.0. The Labute approximate surface area is 140 Å². The summed E-state index contributed by atoms with van der Waals surface area (Å²) in [5, 5.41) is 3.43. The number of benzene rings is 2. The molecule has 0 saturated carbocycles. The van der Waals surface area contributed by atoms with Crippen molar-refractivity contribution in [2.24, 2.45) is 0 Å². The van der Waals surface area contributed by atoms with Crippen LogP contribution in [0.5, 0.6) is 0 Å². The molecule has 4 rings (SSSR count). The van der Waals surface area contributed by atoms with Gasteiger partial charge in [-0.3, -0.25) is 4.79 Å². The number of nitrogens with one attached hydrogen (secondary N) is 1. The van der Waals surface area contributed by atoms with Gasteiger partial charge in [0.2, 0.25) is 0 Å². The van der Waals surface area contributed by atoms with E-state index in [1.54, 1.807) is 4.90 Å². The number of amides is 1. The highest BCUT2D eigenvalue weighted by Gasteiger charge is 2.61. The van der Waals surface area contributed by atoms with Crippen molar-refractivity contribution in [2.75, 3.05) is 11.4 Å². The molecule has 116 valence electrons. The molecule has 0 radical (unpaired) electrons. The van der Waals surface area contributed by atoms with Crippen LogP contribution in [0.1, 0.15) is 24.2 Å². The number of hydrogen-bond acceptors (Lipinski definition) is 3. The molecule has 0 bridgehead atoms. The summed E-state index contributed by atoms with van der Waals surface area (Å²) in [6, 6.07) is 17.6. The van der Waals surface area contributed by atoms with E-state index in [0.29, 0.717) is 6.54 Å². The number of para-hydroxylation sites is 1. The van der Waals surface area contributed by atoms with Crippen LogP contribution in [0, 0.1) is 0 Å². The summed E-state index contributed by atoms with van der Waals surface area (Å²) >= 11 is 5.26. The van der Waals surface area contributed by atoms with E-state index in [2.05, 4.69) is 5.32 Å². The molecule has 0 aliphatic carbocycles. The van der Waals surface area contributed by atoms with Gasteiger partial charge in [-0.05, 0) is 30.8 Å². The van der Waals surface area contributed by atoms with Gasteiger partial charge in [0.25, 0.3) is 11.1 Å². The van der Waals surface area contributed by atoms with E-state index in [9.17, 15) is 4.79 Å². The molecule has 5 heteroatoms. The molecule has 4 nitrogen and oxygen atoms in total. The van der Waals surface area contributed by atoms with Gasteiger partial charge < -0.3 is 15.0 Å². The van der Waals surface area contributed by atoms with Gasteiger partial charge in [0.05, 0.1) is 0 Å². The van der Waals surface area contributed by atoms with E-state index in [-0.39, 0.29) is 11.1 Å². The van der Waals surface area contributed by atoms with Crippen molar-refractivity contribution in [1.29, 1.82) is 0 Å². The molecule has 2 aromatic rings. The quantitative estimate of drug-likeness (QED) is 0.863. The Morgan fingerprint density at radius 3 is 2.61 bits per heavy atom. The van der Waals surface area contributed by atoms with E-state index >= 15 is 0 Å². The van der Waals surface area contributed by atoms with Gasteiger partial charge in [0.15, 0.2) is 11.6 Å². The molecule has 2 atom stereocenters. The topological polar surface area (TPSA) is 41.6 Å². The van der Waals surface area contributed by atoms with Crippen LogP contribution in [0.3, 0.4) is 0 Å². The van der Waals surface area contributed by atoms with E-state index in [0.717, 1.165) is 16.8 Å². The summed E-state index contributed by atoms with van der Waals surface area (Å²) in [5.74, 6) is -0.0186. The molecule has 1 fully saturated rings. The van der Waals surface area contributed by atoms with Crippen molar-refractivity contribution < 1.29 is 9.53 Å². The van der Waals surface area contributed by atoms with Gasteiger partial charge in [0.1, 0.15) is 0 Å². The lowest BCUT2D eigenvalue weighted by atomic mass is 9.83. The number of likely N-dealkylation sites (N-methyl/N-ethyl adjacent to an activating group) is 1. The monoisotopic (exact) mass is 324 g/mol. The third-order valence-electron chi connectivity index (χ3n) is 4.54. The minimum absolute atomic E-state index is 0.0186. The van der Waals surface area contributed by atoms with Gasteiger partial charge in [0, 0.05) is 17.8 Å². The van der Waals surface area contributed by atoms with Crippen molar-refractivity contribution in [3.63, 3.8) is 0 Å². The van der Waals surface area contributed by atoms with Crippen molar-refractivity contribution in [1.82, 2.24) is 5.32 Å². The van der Waals surface area contributed by atoms with E-state index in [4.69, 9.17) is 17.0 Å². The maximum Gasteiger partial charge on any atom is 0.261 e. The number of hydrogen-bond donors (Lipinski definition) is 1. The van der Waals surface area contributed by atoms with Crippen LogP contribution < -0.4 is 10.2 Å². The Balaban J connectivity index is 1.95. The van der Waals surface area contributed by atoms with E-state index in [1.807, 2.05) is 61.5 Å². The predicted octanol–water partition coefficient (Wildman–Crippen LogP) is 2.89. The van der Waals surface area contributed by atoms with Crippen LogP contribution in [-0.4, -0.2) is 17.6 Å². The summed E-state index contributed by atoms with van der Waals surface area (Å²) < 4.78 is 5.88. The largest absolute Gasteiger partial charge is 0.459 e. The van der Waals surface area contributed by atoms with Gasteiger partial charge >= 0.3 is 0 Å². The van der Waals surface area contributed by atoms with E-state index < -0.39 is 11.6 Å². The summed E-state index contributed by atoms with van der Waals surface area (Å²) in [6.07, 6.45) is -0.471. The fourth-order valence-electron chi connectivity index (χ4n) is 3.57. The highest BCUT2D eigenvalue weighted by molar-refractivity contribution is 7.80. The smallest absolute Gasteiger partial charge is 0.261 e. The molecular formula is C18H16N2O2S. The number of thiocarbonyl (C=S) groups is 1. The maximum atomic E-state index is 13.3. The number of anilines is 1. The predicted molar refractivity (Wildman–Crippen MR) is 92.1 cm³/mol. The number of carbonyl (C=O) groups excluding carboxylic acids is 1. The maximum absolute atomic E-state index is 13.3. The molecule has 2 heterocycles. The number of fused-ring (bicyclic) bond motifs is 2. The molecule has 1 saturated heterocycles. The summed E-state index contributed by atoms with van der Waals surface area (Å²) in [4.78, 5) is 15.1. The summed E-state index contributed by atoms with van der Waals surface area (Å²) in [5.41, 5.74) is 1.79. The lowest BCUT2D eigenvalue weighted by molar-refractivity contribution is -0.125.